The minimum atomic E-state index is 0.548. The van der Waals surface area contributed by atoms with Gasteiger partial charge in [-0.2, -0.15) is 0 Å². The topological polar surface area (TPSA) is 42.5 Å². The van der Waals surface area contributed by atoms with Gasteiger partial charge < -0.3 is 20.1 Å². The number of ether oxygens (including phenoxy) is 2. The standard InChI is InChI=1S/C16H15ClN2O2S/c17-12-3-1-11(2-4-12)10-18-16(22)19-13-5-6-14-15(9-13)21-8-7-20-14/h1-6,9H,7-8,10H2,(H2,18,19,22). The van der Waals surface area contributed by atoms with Crippen LogP contribution in [0.5, 0.6) is 11.5 Å². The Bertz CT molecular complexity index is 676. The van der Waals surface area contributed by atoms with Gasteiger partial charge >= 0.3 is 0 Å². The van der Waals surface area contributed by atoms with Gasteiger partial charge in [-0.1, -0.05) is 23.7 Å². The van der Waals surface area contributed by atoms with Crippen molar-refractivity contribution in [1.29, 1.82) is 0 Å². The summed E-state index contributed by atoms with van der Waals surface area (Å²) in [6.45, 7) is 1.78. The largest absolute Gasteiger partial charge is 0.486 e. The molecule has 6 heteroatoms. The van der Waals surface area contributed by atoms with Crippen LogP contribution in [0.2, 0.25) is 5.02 Å². The molecule has 0 saturated carbocycles. The second-order valence-electron chi connectivity index (χ2n) is 4.79. The smallest absolute Gasteiger partial charge is 0.171 e. The molecule has 0 amide bonds. The fraction of sp³-hybridized carbons (Fsp3) is 0.188. The molecule has 2 aromatic rings. The Morgan fingerprint density at radius 2 is 1.77 bits per heavy atom. The molecule has 0 atom stereocenters. The lowest BCUT2D eigenvalue weighted by Crippen LogP contribution is -2.28. The maximum absolute atomic E-state index is 5.86. The summed E-state index contributed by atoms with van der Waals surface area (Å²) in [4.78, 5) is 0. The van der Waals surface area contributed by atoms with E-state index in [1.165, 1.54) is 0 Å². The van der Waals surface area contributed by atoms with E-state index in [0.717, 1.165) is 27.8 Å². The zero-order chi connectivity index (χ0) is 15.4. The molecule has 0 radical (unpaired) electrons. The Labute approximate surface area is 139 Å². The molecule has 4 nitrogen and oxygen atoms in total. The maximum atomic E-state index is 5.86. The lowest BCUT2D eigenvalue weighted by atomic mass is 10.2. The zero-order valence-corrected chi connectivity index (χ0v) is 13.3. The van der Waals surface area contributed by atoms with Gasteiger partial charge in [-0.3, -0.25) is 0 Å². The van der Waals surface area contributed by atoms with E-state index < -0.39 is 0 Å². The number of nitrogens with one attached hydrogen (secondary N) is 2. The molecule has 1 heterocycles. The van der Waals surface area contributed by atoms with Crippen molar-refractivity contribution in [3.05, 3.63) is 53.1 Å². The van der Waals surface area contributed by atoms with Crippen LogP contribution in [0.3, 0.4) is 0 Å². The summed E-state index contributed by atoms with van der Waals surface area (Å²) in [5, 5.41) is 7.56. The zero-order valence-electron chi connectivity index (χ0n) is 11.8. The monoisotopic (exact) mass is 334 g/mol. The molecule has 2 aromatic carbocycles. The van der Waals surface area contributed by atoms with Crippen LogP contribution in [0.25, 0.3) is 0 Å². The molecule has 2 N–H and O–H groups in total. The van der Waals surface area contributed by atoms with Gasteiger partial charge in [-0.15, -0.1) is 0 Å². The highest BCUT2D eigenvalue weighted by atomic mass is 35.5. The molecular weight excluding hydrogens is 320 g/mol. The lowest BCUT2D eigenvalue weighted by Gasteiger charge is -2.19. The number of fused-ring (bicyclic) bond motifs is 1. The molecule has 0 bridgehead atoms. The summed E-state index contributed by atoms with van der Waals surface area (Å²) in [5.74, 6) is 1.49. The second kappa shape index (κ2) is 6.85. The van der Waals surface area contributed by atoms with Crippen LogP contribution in [0.15, 0.2) is 42.5 Å². The number of thiocarbonyl (C=S) groups is 1. The molecule has 0 unspecified atom stereocenters. The average molecular weight is 335 g/mol. The maximum Gasteiger partial charge on any atom is 0.171 e. The van der Waals surface area contributed by atoms with Crippen LogP contribution in [0, 0.1) is 0 Å². The van der Waals surface area contributed by atoms with E-state index in [1.54, 1.807) is 0 Å². The number of benzene rings is 2. The van der Waals surface area contributed by atoms with Gasteiger partial charge in [0.2, 0.25) is 0 Å². The summed E-state index contributed by atoms with van der Waals surface area (Å²) >= 11 is 11.2. The minimum absolute atomic E-state index is 0.548. The number of hydrogen-bond acceptors (Lipinski definition) is 3. The number of rotatable bonds is 3. The molecule has 0 saturated heterocycles. The van der Waals surface area contributed by atoms with E-state index in [9.17, 15) is 0 Å². The number of hydrogen-bond donors (Lipinski definition) is 2. The minimum Gasteiger partial charge on any atom is -0.486 e. The fourth-order valence-electron chi connectivity index (χ4n) is 2.08. The molecule has 0 spiro atoms. The highest BCUT2D eigenvalue weighted by Crippen LogP contribution is 2.32. The SMILES string of the molecule is S=C(NCc1ccc(Cl)cc1)Nc1ccc2c(c1)OCCO2. The number of halogens is 1. The molecule has 3 rings (SSSR count). The molecular formula is C16H15ClN2O2S. The van der Waals surface area contributed by atoms with E-state index in [0.29, 0.717) is 24.9 Å². The van der Waals surface area contributed by atoms with Crippen molar-refractivity contribution in [1.82, 2.24) is 5.32 Å². The first-order chi connectivity index (χ1) is 10.7. The highest BCUT2D eigenvalue weighted by molar-refractivity contribution is 7.80. The second-order valence-corrected chi connectivity index (χ2v) is 5.64. The Kier molecular flexibility index (Phi) is 4.65. The predicted octanol–water partition coefficient (Wildman–Crippen LogP) is 3.60. The quantitative estimate of drug-likeness (QED) is 0.840. The van der Waals surface area contributed by atoms with Crippen molar-refractivity contribution in [3.63, 3.8) is 0 Å². The van der Waals surface area contributed by atoms with Crippen molar-refractivity contribution in [2.24, 2.45) is 0 Å². The molecule has 1 aliphatic heterocycles. The van der Waals surface area contributed by atoms with E-state index in [4.69, 9.17) is 33.3 Å². The van der Waals surface area contributed by atoms with Crippen LogP contribution < -0.4 is 20.1 Å². The van der Waals surface area contributed by atoms with Gasteiger partial charge in [0.05, 0.1) is 0 Å². The highest BCUT2D eigenvalue weighted by Gasteiger charge is 2.11. The Morgan fingerprint density at radius 3 is 2.55 bits per heavy atom. The summed E-state index contributed by atoms with van der Waals surface area (Å²) in [5.41, 5.74) is 1.97. The summed E-state index contributed by atoms with van der Waals surface area (Å²) in [7, 11) is 0. The third-order valence-electron chi connectivity index (χ3n) is 3.17. The van der Waals surface area contributed by atoms with E-state index in [-0.39, 0.29) is 0 Å². The Morgan fingerprint density at radius 1 is 1.05 bits per heavy atom. The predicted molar refractivity (Wildman–Crippen MR) is 91.9 cm³/mol. The molecule has 0 fully saturated rings. The van der Waals surface area contributed by atoms with E-state index in [1.807, 2.05) is 42.5 Å². The third kappa shape index (κ3) is 3.81. The van der Waals surface area contributed by atoms with Gasteiger partial charge in [-0.05, 0) is 42.0 Å². The van der Waals surface area contributed by atoms with Crippen LogP contribution in [-0.2, 0) is 6.54 Å². The average Bonchev–Trinajstić information content (AvgIpc) is 2.54. The van der Waals surface area contributed by atoms with Crippen molar-refractivity contribution in [2.45, 2.75) is 6.54 Å². The molecule has 1 aliphatic rings. The fourth-order valence-corrected chi connectivity index (χ4v) is 2.40. The summed E-state index contributed by atoms with van der Waals surface area (Å²) in [6.07, 6.45) is 0. The van der Waals surface area contributed by atoms with Crippen molar-refractivity contribution in [2.75, 3.05) is 18.5 Å². The van der Waals surface area contributed by atoms with Crippen molar-refractivity contribution >= 4 is 34.6 Å². The van der Waals surface area contributed by atoms with Crippen molar-refractivity contribution < 1.29 is 9.47 Å². The van der Waals surface area contributed by atoms with Crippen molar-refractivity contribution in [3.8, 4) is 11.5 Å². The van der Waals surface area contributed by atoms with Crippen LogP contribution in [-0.4, -0.2) is 18.3 Å². The van der Waals surface area contributed by atoms with Gasteiger partial charge in [0.1, 0.15) is 13.2 Å². The van der Waals surface area contributed by atoms with Gasteiger partial charge in [-0.25, -0.2) is 0 Å². The summed E-state index contributed by atoms with van der Waals surface area (Å²) in [6, 6.07) is 13.3. The molecule has 0 aliphatic carbocycles. The first-order valence-corrected chi connectivity index (χ1v) is 7.68. The third-order valence-corrected chi connectivity index (χ3v) is 3.66. The van der Waals surface area contributed by atoms with Gasteiger partial charge in [0, 0.05) is 23.3 Å². The first kappa shape index (κ1) is 14.9. The van der Waals surface area contributed by atoms with Gasteiger partial charge in [0.15, 0.2) is 16.6 Å². The molecule has 22 heavy (non-hydrogen) atoms. The normalized spacial score (nSPS) is 12.6. The lowest BCUT2D eigenvalue weighted by molar-refractivity contribution is 0.171. The van der Waals surface area contributed by atoms with Crippen LogP contribution in [0.4, 0.5) is 5.69 Å². The Hall–Kier alpha value is -1.98. The first-order valence-electron chi connectivity index (χ1n) is 6.90. The van der Waals surface area contributed by atoms with E-state index >= 15 is 0 Å². The van der Waals surface area contributed by atoms with E-state index in [2.05, 4.69) is 10.6 Å². The summed E-state index contributed by atoms with van der Waals surface area (Å²) < 4.78 is 11.0. The van der Waals surface area contributed by atoms with Crippen LogP contribution in [0.1, 0.15) is 5.56 Å². The molecule has 0 aromatic heterocycles. The van der Waals surface area contributed by atoms with Gasteiger partial charge in [0.25, 0.3) is 0 Å². The van der Waals surface area contributed by atoms with Crippen LogP contribution >= 0.6 is 23.8 Å². The Balaban J connectivity index is 1.56. The molecule has 114 valence electrons. The number of anilines is 1.